The van der Waals surface area contributed by atoms with Gasteiger partial charge in [0.15, 0.2) is 0 Å². The molecule has 0 aliphatic carbocycles. The number of aliphatic carboxylic acids is 1. The number of nitrogen functional groups attached to an aromatic ring is 1. The van der Waals surface area contributed by atoms with E-state index in [1.54, 1.807) is 19.1 Å². The highest BCUT2D eigenvalue weighted by molar-refractivity contribution is 6.31. The second kappa shape index (κ2) is 3.66. The standard InChI is InChI=1S/C9H10ClNO2/c1-5-6(3-9(12)13)2-7(10)4-8(5)11/h2,4H,3,11H2,1H3,(H,12,13). The molecule has 0 spiro atoms. The van der Waals surface area contributed by atoms with Gasteiger partial charge < -0.3 is 10.8 Å². The van der Waals surface area contributed by atoms with Crippen LogP contribution in [-0.2, 0) is 11.2 Å². The first-order valence-electron chi connectivity index (χ1n) is 3.77. The quantitative estimate of drug-likeness (QED) is 0.715. The first kappa shape index (κ1) is 9.86. The number of halogens is 1. The van der Waals surface area contributed by atoms with Gasteiger partial charge in [-0.2, -0.15) is 0 Å². The highest BCUT2D eigenvalue weighted by Crippen LogP contribution is 2.22. The topological polar surface area (TPSA) is 63.3 Å². The minimum absolute atomic E-state index is 0.0450. The Bertz CT molecular complexity index is 350. The van der Waals surface area contributed by atoms with Crippen LogP contribution in [-0.4, -0.2) is 11.1 Å². The maximum Gasteiger partial charge on any atom is 0.307 e. The number of nitrogens with two attached hydrogens (primary N) is 1. The van der Waals surface area contributed by atoms with Crippen molar-refractivity contribution < 1.29 is 9.90 Å². The van der Waals surface area contributed by atoms with Crippen LogP contribution in [0.5, 0.6) is 0 Å². The van der Waals surface area contributed by atoms with E-state index in [-0.39, 0.29) is 6.42 Å². The Morgan fingerprint density at radius 2 is 2.23 bits per heavy atom. The van der Waals surface area contributed by atoms with E-state index in [1.165, 1.54) is 0 Å². The molecule has 0 aliphatic rings. The van der Waals surface area contributed by atoms with Crippen LogP contribution in [0.2, 0.25) is 5.02 Å². The molecule has 70 valence electrons. The second-order valence-corrected chi connectivity index (χ2v) is 3.29. The molecule has 1 aromatic rings. The molecule has 0 saturated carbocycles. The van der Waals surface area contributed by atoms with E-state index in [1.807, 2.05) is 0 Å². The Kier molecular flexibility index (Phi) is 2.78. The summed E-state index contributed by atoms with van der Waals surface area (Å²) >= 11 is 5.73. The van der Waals surface area contributed by atoms with Gasteiger partial charge in [0, 0.05) is 10.7 Å². The lowest BCUT2D eigenvalue weighted by molar-refractivity contribution is -0.136. The molecule has 4 heteroatoms. The molecule has 0 amide bonds. The Morgan fingerprint density at radius 3 is 2.77 bits per heavy atom. The minimum atomic E-state index is -0.884. The molecule has 1 aromatic carbocycles. The maximum absolute atomic E-state index is 10.5. The van der Waals surface area contributed by atoms with Gasteiger partial charge in [0.2, 0.25) is 0 Å². The number of carboxylic acid groups (broad SMARTS) is 1. The molecule has 3 nitrogen and oxygen atoms in total. The van der Waals surface area contributed by atoms with Gasteiger partial charge >= 0.3 is 5.97 Å². The lowest BCUT2D eigenvalue weighted by atomic mass is 10.0. The van der Waals surface area contributed by atoms with Crippen LogP contribution in [0, 0.1) is 6.92 Å². The third-order valence-electron chi connectivity index (χ3n) is 1.86. The SMILES string of the molecule is Cc1c(N)cc(Cl)cc1CC(=O)O. The van der Waals surface area contributed by atoms with E-state index in [0.29, 0.717) is 16.3 Å². The van der Waals surface area contributed by atoms with Crippen molar-refractivity contribution in [1.82, 2.24) is 0 Å². The zero-order chi connectivity index (χ0) is 10.0. The van der Waals surface area contributed by atoms with Crippen molar-refractivity contribution in [3.8, 4) is 0 Å². The van der Waals surface area contributed by atoms with Gasteiger partial charge in [0.1, 0.15) is 0 Å². The van der Waals surface area contributed by atoms with Gasteiger partial charge in [-0.1, -0.05) is 11.6 Å². The number of hydrogen-bond acceptors (Lipinski definition) is 2. The first-order chi connectivity index (χ1) is 6.00. The van der Waals surface area contributed by atoms with Gasteiger partial charge in [0.05, 0.1) is 6.42 Å². The average Bonchev–Trinajstić information content (AvgIpc) is 1.98. The summed E-state index contributed by atoms with van der Waals surface area (Å²) in [6.45, 7) is 1.78. The van der Waals surface area contributed by atoms with E-state index in [0.717, 1.165) is 5.56 Å². The van der Waals surface area contributed by atoms with Crippen molar-refractivity contribution in [2.75, 3.05) is 5.73 Å². The molecule has 0 aromatic heterocycles. The van der Waals surface area contributed by atoms with Crippen molar-refractivity contribution in [3.05, 3.63) is 28.3 Å². The number of carboxylic acids is 1. The van der Waals surface area contributed by atoms with Crippen LogP contribution >= 0.6 is 11.6 Å². The smallest absolute Gasteiger partial charge is 0.307 e. The average molecular weight is 200 g/mol. The van der Waals surface area contributed by atoms with Gasteiger partial charge in [-0.05, 0) is 30.2 Å². The van der Waals surface area contributed by atoms with E-state index >= 15 is 0 Å². The molecule has 0 radical (unpaired) electrons. The molecule has 1 rings (SSSR count). The van der Waals surface area contributed by atoms with Crippen LogP contribution < -0.4 is 5.73 Å². The summed E-state index contributed by atoms with van der Waals surface area (Å²) in [6, 6.07) is 3.24. The maximum atomic E-state index is 10.5. The third-order valence-corrected chi connectivity index (χ3v) is 2.08. The summed E-state index contributed by atoms with van der Waals surface area (Å²) in [5.41, 5.74) is 7.60. The molecule has 0 saturated heterocycles. The number of carbonyl (C=O) groups is 1. The van der Waals surface area contributed by atoms with E-state index in [2.05, 4.69) is 0 Å². The predicted molar refractivity (Wildman–Crippen MR) is 51.9 cm³/mol. The molecule has 3 N–H and O–H groups in total. The molecule has 0 bridgehead atoms. The summed E-state index contributed by atoms with van der Waals surface area (Å²) in [5, 5.41) is 9.06. The Labute approximate surface area is 81.1 Å². The number of anilines is 1. The first-order valence-corrected chi connectivity index (χ1v) is 4.15. The fourth-order valence-electron chi connectivity index (χ4n) is 1.11. The monoisotopic (exact) mass is 199 g/mol. The highest BCUT2D eigenvalue weighted by atomic mass is 35.5. The van der Waals surface area contributed by atoms with Crippen molar-refractivity contribution in [3.63, 3.8) is 0 Å². The van der Waals surface area contributed by atoms with Crippen LogP contribution in [0.15, 0.2) is 12.1 Å². The van der Waals surface area contributed by atoms with E-state index in [4.69, 9.17) is 22.4 Å². The van der Waals surface area contributed by atoms with Crippen molar-refractivity contribution in [1.29, 1.82) is 0 Å². The van der Waals surface area contributed by atoms with Crippen molar-refractivity contribution in [2.24, 2.45) is 0 Å². The Hall–Kier alpha value is -1.22. The van der Waals surface area contributed by atoms with Crippen LogP contribution in [0.3, 0.4) is 0 Å². The summed E-state index contributed by atoms with van der Waals surface area (Å²) in [6.07, 6.45) is -0.0450. The summed E-state index contributed by atoms with van der Waals surface area (Å²) < 4.78 is 0. The zero-order valence-corrected chi connectivity index (χ0v) is 7.93. The second-order valence-electron chi connectivity index (χ2n) is 2.85. The fraction of sp³-hybridized carbons (Fsp3) is 0.222. The molecule has 13 heavy (non-hydrogen) atoms. The lowest BCUT2D eigenvalue weighted by Crippen LogP contribution is -2.03. The highest BCUT2D eigenvalue weighted by Gasteiger charge is 2.07. The molecule has 0 atom stereocenters. The largest absolute Gasteiger partial charge is 0.481 e. The zero-order valence-electron chi connectivity index (χ0n) is 7.17. The van der Waals surface area contributed by atoms with E-state index in [9.17, 15) is 4.79 Å². The molecule has 0 heterocycles. The van der Waals surface area contributed by atoms with Gasteiger partial charge in [-0.25, -0.2) is 0 Å². The molecule has 0 aliphatic heterocycles. The van der Waals surface area contributed by atoms with Crippen molar-refractivity contribution >= 4 is 23.3 Å². The lowest BCUT2D eigenvalue weighted by Gasteiger charge is -2.06. The van der Waals surface area contributed by atoms with Gasteiger partial charge in [-0.3, -0.25) is 4.79 Å². The predicted octanol–water partition coefficient (Wildman–Crippen LogP) is 1.86. The van der Waals surface area contributed by atoms with E-state index < -0.39 is 5.97 Å². The van der Waals surface area contributed by atoms with Crippen LogP contribution in [0.25, 0.3) is 0 Å². The molecule has 0 unspecified atom stereocenters. The third kappa shape index (κ3) is 2.36. The molecular formula is C9H10ClNO2. The Balaban J connectivity index is 3.12. The summed E-state index contributed by atoms with van der Waals surface area (Å²) in [4.78, 5) is 10.5. The number of benzene rings is 1. The van der Waals surface area contributed by atoms with Crippen molar-refractivity contribution in [2.45, 2.75) is 13.3 Å². The fourth-order valence-corrected chi connectivity index (χ4v) is 1.35. The van der Waals surface area contributed by atoms with Crippen LogP contribution in [0.4, 0.5) is 5.69 Å². The summed E-state index contributed by atoms with van der Waals surface area (Å²) in [5.74, 6) is -0.884. The van der Waals surface area contributed by atoms with Gasteiger partial charge in [-0.15, -0.1) is 0 Å². The summed E-state index contributed by atoms with van der Waals surface area (Å²) in [7, 11) is 0. The molecular weight excluding hydrogens is 190 g/mol. The van der Waals surface area contributed by atoms with Gasteiger partial charge in [0.25, 0.3) is 0 Å². The number of rotatable bonds is 2. The number of hydrogen-bond donors (Lipinski definition) is 2. The minimum Gasteiger partial charge on any atom is -0.481 e. The van der Waals surface area contributed by atoms with Crippen LogP contribution in [0.1, 0.15) is 11.1 Å². The molecule has 0 fully saturated rings. The Morgan fingerprint density at radius 1 is 1.62 bits per heavy atom. The normalized spacial score (nSPS) is 10.0.